The van der Waals surface area contributed by atoms with E-state index < -0.39 is 0 Å². The highest BCUT2D eigenvalue weighted by Crippen LogP contribution is 2.20. The normalized spacial score (nSPS) is 18.1. The number of nitrogens with one attached hydrogen (secondary N) is 1. The quantitative estimate of drug-likeness (QED) is 0.302. The third-order valence-electron chi connectivity index (χ3n) is 2.61. The van der Waals surface area contributed by atoms with Gasteiger partial charge >= 0.3 is 0 Å². The number of rotatable bonds is 5. The number of hydrogen-bond acceptors (Lipinski definition) is 3. The Labute approximate surface area is 85.2 Å². The smallest absolute Gasteiger partial charge is 0.233 e. The maximum atomic E-state index is 10.8. The van der Waals surface area contributed by atoms with E-state index in [-0.39, 0.29) is 5.91 Å². The molecule has 14 heavy (non-hydrogen) atoms. The Kier molecular flexibility index (Phi) is 5.56. The lowest BCUT2D eigenvalue weighted by Crippen LogP contribution is -2.30. The Morgan fingerprint density at radius 1 is 1.36 bits per heavy atom. The molecule has 0 aromatic rings. The summed E-state index contributed by atoms with van der Waals surface area (Å²) in [5, 5.41) is 0. The SMILES string of the molecule is NNC(=O)CCCOC1CCCCC1. The topological polar surface area (TPSA) is 64.3 Å². The van der Waals surface area contributed by atoms with E-state index in [9.17, 15) is 4.79 Å². The van der Waals surface area contributed by atoms with Crippen molar-refractivity contribution in [1.29, 1.82) is 0 Å². The number of nitrogens with two attached hydrogens (primary N) is 1. The molecule has 0 radical (unpaired) electrons. The van der Waals surface area contributed by atoms with Crippen LogP contribution in [0.5, 0.6) is 0 Å². The van der Waals surface area contributed by atoms with Gasteiger partial charge in [0.05, 0.1) is 6.10 Å². The molecule has 0 saturated heterocycles. The van der Waals surface area contributed by atoms with Crippen molar-refractivity contribution in [2.75, 3.05) is 6.61 Å². The molecule has 0 aliphatic heterocycles. The highest BCUT2D eigenvalue weighted by molar-refractivity contribution is 5.75. The zero-order chi connectivity index (χ0) is 10.2. The number of carbonyl (C=O) groups is 1. The molecule has 1 amide bonds. The molecular weight excluding hydrogens is 180 g/mol. The van der Waals surface area contributed by atoms with Gasteiger partial charge in [-0.25, -0.2) is 5.84 Å². The van der Waals surface area contributed by atoms with Crippen LogP contribution in [0.3, 0.4) is 0 Å². The molecule has 0 unspecified atom stereocenters. The summed E-state index contributed by atoms with van der Waals surface area (Å²) in [5.74, 6) is 4.84. The zero-order valence-corrected chi connectivity index (χ0v) is 8.63. The van der Waals surface area contributed by atoms with Crippen molar-refractivity contribution in [3.05, 3.63) is 0 Å². The molecule has 1 fully saturated rings. The van der Waals surface area contributed by atoms with Crippen LogP contribution in [0.25, 0.3) is 0 Å². The largest absolute Gasteiger partial charge is 0.378 e. The number of amides is 1. The van der Waals surface area contributed by atoms with Crippen LogP contribution in [0, 0.1) is 0 Å². The summed E-state index contributed by atoms with van der Waals surface area (Å²) in [5.41, 5.74) is 2.11. The van der Waals surface area contributed by atoms with Gasteiger partial charge in [-0.05, 0) is 19.3 Å². The molecule has 4 heteroatoms. The number of carbonyl (C=O) groups excluding carboxylic acids is 1. The van der Waals surface area contributed by atoms with E-state index in [0.29, 0.717) is 19.1 Å². The number of hydrazine groups is 1. The Hall–Kier alpha value is -0.610. The maximum absolute atomic E-state index is 10.8. The minimum Gasteiger partial charge on any atom is -0.378 e. The van der Waals surface area contributed by atoms with Crippen molar-refractivity contribution < 1.29 is 9.53 Å². The standard InChI is InChI=1S/C10H20N2O2/c11-12-10(13)7-4-8-14-9-5-2-1-3-6-9/h9H,1-8,11H2,(H,12,13). The summed E-state index contributed by atoms with van der Waals surface area (Å²) in [6.07, 6.45) is 7.94. The Morgan fingerprint density at radius 3 is 2.71 bits per heavy atom. The molecule has 0 atom stereocenters. The van der Waals surface area contributed by atoms with Gasteiger partial charge in [-0.2, -0.15) is 0 Å². The van der Waals surface area contributed by atoms with Gasteiger partial charge in [-0.3, -0.25) is 10.2 Å². The lowest BCUT2D eigenvalue weighted by molar-refractivity contribution is -0.121. The highest BCUT2D eigenvalue weighted by Gasteiger charge is 2.13. The second-order valence-electron chi connectivity index (χ2n) is 3.80. The lowest BCUT2D eigenvalue weighted by Gasteiger charge is -2.21. The van der Waals surface area contributed by atoms with E-state index in [1.54, 1.807) is 0 Å². The van der Waals surface area contributed by atoms with Crippen LogP contribution in [-0.4, -0.2) is 18.6 Å². The van der Waals surface area contributed by atoms with Crippen LogP contribution < -0.4 is 11.3 Å². The fourth-order valence-electron chi connectivity index (χ4n) is 1.79. The Balaban J connectivity index is 1.94. The molecule has 1 rings (SSSR count). The van der Waals surface area contributed by atoms with E-state index in [4.69, 9.17) is 10.6 Å². The predicted octanol–water partition coefficient (Wildman–Crippen LogP) is 1.11. The van der Waals surface area contributed by atoms with Crippen molar-refractivity contribution in [3.63, 3.8) is 0 Å². The Bertz CT molecular complexity index is 168. The average Bonchev–Trinajstić information content (AvgIpc) is 2.25. The van der Waals surface area contributed by atoms with Crippen molar-refractivity contribution in [2.45, 2.75) is 51.0 Å². The molecule has 0 spiro atoms. The molecule has 1 aliphatic rings. The predicted molar refractivity (Wildman–Crippen MR) is 54.4 cm³/mol. The van der Waals surface area contributed by atoms with Gasteiger partial charge in [-0.15, -0.1) is 0 Å². The molecule has 0 bridgehead atoms. The van der Waals surface area contributed by atoms with E-state index in [2.05, 4.69) is 5.43 Å². The van der Waals surface area contributed by atoms with Gasteiger partial charge in [0.15, 0.2) is 0 Å². The van der Waals surface area contributed by atoms with Crippen molar-refractivity contribution in [2.24, 2.45) is 5.84 Å². The van der Waals surface area contributed by atoms with Crippen LogP contribution in [0.2, 0.25) is 0 Å². The van der Waals surface area contributed by atoms with Crippen LogP contribution >= 0.6 is 0 Å². The molecule has 3 N–H and O–H groups in total. The van der Waals surface area contributed by atoms with Crippen LogP contribution in [0.15, 0.2) is 0 Å². The van der Waals surface area contributed by atoms with Gasteiger partial charge in [0, 0.05) is 13.0 Å². The number of ether oxygens (including phenoxy) is 1. The molecular formula is C10H20N2O2. The van der Waals surface area contributed by atoms with Crippen LogP contribution in [0.1, 0.15) is 44.9 Å². The first kappa shape index (κ1) is 11.5. The zero-order valence-electron chi connectivity index (χ0n) is 8.63. The third-order valence-corrected chi connectivity index (χ3v) is 2.61. The second kappa shape index (κ2) is 6.79. The number of hydrogen-bond donors (Lipinski definition) is 2. The summed E-state index contributed by atoms with van der Waals surface area (Å²) in [7, 11) is 0. The molecule has 82 valence electrons. The molecule has 1 aliphatic carbocycles. The summed E-state index contributed by atoms with van der Waals surface area (Å²) < 4.78 is 5.66. The van der Waals surface area contributed by atoms with Crippen molar-refractivity contribution in [3.8, 4) is 0 Å². The minimum atomic E-state index is -0.114. The summed E-state index contributed by atoms with van der Waals surface area (Å²) in [6, 6.07) is 0. The van der Waals surface area contributed by atoms with Gasteiger partial charge in [0.2, 0.25) is 5.91 Å². The first-order chi connectivity index (χ1) is 6.83. The monoisotopic (exact) mass is 200 g/mol. The van der Waals surface area contributed by atoms with Gasteiger partial charge in [0.25, 0.3) is 0 Å². The van der Waals surface area contributed by atoms with Crippen molar-refractivity contribution in [1.82, 2.24) is 5.43 Å². The third kappa shape index (κ3) is 4.58. The van der Waals surface area contributed by atoms with E-state index in [1.807, 2.05) is 0 Å². The highest BCUT2D eigenvalue weighted by atomic mass is 16.5. The first-order valence-corrected chi connectivity index (χ1v) is 5.44. The van der Waals surface area contributed by atoms with Gasteiger partial charge < -0.3 is 4.74 Å². The molecule has 0 aromatic carbocycles. The molecule has 0 aromatic heterocycles. The van der Waals surface area contributed by atoms with E-state index >= 15 is 0 Å². The second-order valence-corrected chi connectivity index (χ2v) is 3.80. The molecule has 4 nitrogen and oxygen atoms in total. The van der Waals surface area contributed by atoms with Gasteiger partial charge in [0.1, 0.15) is 0 Å². The maximum Gasteiger partial charge on any atom is 0.233 e. The summed E-state index contributed by atoms with van der Waals surface area (Å²) in [6.45, 7) is 0.679. The van der Waals surface area contributed by atoms with Crippen LogP contribution in [-0.2, 0) is 9.53 Å². The Morgan fingerprint density at radius 2 is 2.07 bits per heavy atom. The van der Waals surface area contributed by atoms with Crippen molar-refractivity contribution >= 4 is 5.91 Å². The minimum absolute atomic E-state index is 0.114. The fourth-order valence-corrected chi connectivity index (χ4v) is 1.79. The summed E-state index contributed by atoms with van der Waals surface area (Å²) in [4.78, 5) is 10.8. The lowest BCUT2D eigenvalue weighted by atomic mass is 9.98. The average molecular weight is 200 g/mol. The van der Waals surface area contributed by atoms with Crippen LogP contribution in [0.4, 0.5) is 0 Å². The molecule has 1 saturated carbocycles. The summed E-state index contributed by atoms with van der Waals surface area (Å²) >= 11 is 0. The first-order valence-electron chi connectivity index (χ1n) is 5.44. The van der Waals surface area contributed by atoms with E-state index in [1.165, 1.54) is 32.1 Å². The molecule has 0 heterocycles. The van der Waals surface area contributed by atoms with Gasteiger partial charge in [-0.1, -0.05) is 19.3 Å². The van der Waals surface area contributed by atoms with E-state index in [0.717, 1.165) is 6.42 Å². The fraction of sp³-hybridized carbons (Fsp3) is 0.900.